The van der Waals surface area contributed by atoms with Crippen LogP contribution in [-0.4, -0.2) is 66.8 Å². The number of hydrogen-bond acceptors (Lipinski definition) is 5. The van der Waals surface area contributed by atoms with Crippen molar-refractivity contribution in [2.45, 2.75) is 36.7 Å². The summed E-state index contributed by atoms with van der Waals surface area (Å²) in [6, 6.07) is 1.94. The van der Waals surface area contributed by atoms with E-state index in [1.807, 2.05) is 0 Å². The second-order valence-corrected chi connectivity index (χ2v) is 9.48. The van der Waals surface area contributed by atoms with E-state index in [4.69, 9.17) is 0 Å². The van der Waals surface area contributed by atoms with Crippen LogP contribution in [0.2, 0.25) is 0 Å². The summed E-state index contributed by atoms with van der Waals surface area (Å²) in [5, 5.41) is 6.33. The average molecular weight is 373 g/mol. The number of hydrogen-bond donors (Lipinski definition) is 3. The normalized spacial score (nSPS) is 26.2. The lowest BCUT2D eigenvalue weighted by Gasteiger charge is -2.28. The molecule has 134 valence electrons. The summed E-state index contributed by atoms with van der Waals surface area (Å²) < 4.78 is 26.7. The lowest BCUT2D eigenvalue weighted by molar-refractivity contribution is 0.0921. The van der Waals surface area contributed by atoms with Crippen molar-refractivity contribution >= 4 is 27.7 Å². The van der Waals surface area contributed by atoms with Crippen LogP contribution in [0.25, 0.3) is 0 Å². The quantitative estimate of drug-likeness (QED) is 0.720. The zero-order valence-corrected chi connectivity index (χ0v) is 15.4. The van der Waals surface area contributed by atoms with Crippen LogP contribution in [0.15, 0.2) is 17.2 Å². The Balaban J connectivity index is 1.67. The maximum atomic E-state index is 12.6. The van der Waals surface area contributed by atoms with Gasteiger partial charge in [-0.05, 0) is 32.4 Å². The van der Waals surface area contributed by atoms with E-state index in [0.717, 1.165) is 30.9 Å². The highest BCUT2D eigenvalue weighted by Gasteiger charge is 2.28. The summed E-state index contributed by atoms with van der Waals surface area (Å²) in [4.78, 5) is 15.3. The number of rotatable bonds is 4. The van der Waals surface area contributed by atoms with Crippen molar-refractivity contribution in [3.8, 4) is 0 Å². The average Bonchev–Trinajstić information content (AvgIpc) is 3.07. The monoisotopic (exact) mass is 372 g/mol. The maximum Gasteiger partial charge on any atom is 0.267 e. The number of sulfonamides is 1. The van der Waals surface area contributed by atoms with Gasteiger partial charge in [0.2, 0.25) is 10.0 Å². The van der Waals surface area contributed by atoms with Gasteiger partial charge in [0.15, 0.2) is 0 Å². The molecular weight excluding hydrogens is 348 g/mol. The van der Waals surface area contributed by atoms with Gasteiger partial charge in [0.1, 0.15) is 10.6 Å². The minimum Gasteiger partial charge on any atom is -0.356 e. The SMILES string of the molecule is CC1CC(NC(=O)c2cc(S(=O)(=O)N3CCSCC3)c[nH]2)CCN1. The van der Waals surface area contributed by atoms with E-state index < -0.39 is 10.0 Å². The number of nitrogens with one attached hydrogen (secondary N) is 3. The van der Waals surface area contributed by atoms with Crippen LogP contribution in [-0.2, 0) is 10.0 Å². The van der Waals surface area contributed by atoms with Crippen LogP contribution in [0.3, 0.4) is 0 Å². The first-order chi connectivity index (χ1) is 11.5. The Morgan fingerprint density at radius 3 is 2.83 bits per heavy atom. The molecule has 0 spiro atoms. The summed E-state index contributed by atoms with van der Waals surface area (Å²) >= 11 is 1.76. The summed E-state index contributed by atoms with van der Waals surface area (Å²) in [7, 11) is -3.52. The molecule has 2 aliphatic heterocycles. The molecule has 0 radical (unpaired) electrons. The minimum atomic E-state index is -3.52. The molecule has 7 nitrogen and oxygen atoms in total. The number of aromatic nitrogens is 1. The predicted octanol–water partition coefficient (Wildman–Crippen LogP) is 0.623. The third-order valence-corrected chi connectivity index (χ3v) is 7.29. The van der Waals surface area contributed by atoms with Crippen LogP contribution < -0.4 is 10.6 Å². The van der Waals surface area contributed by atoms with Crippen molar-refractivity contribution in [2.75, 3.05) is 31.1 Å². The van der Waals surface area contributed by atoms with Crippen molar-refractivity contribution in [1.29, 1.82) is 0 Å². The van der Waals surface area contributed by atoms with Gasteiger partial charge < -0.3 is 15.6 Å². The molecule has 1 aromatic rings. The number of amides is 1. The molecule has 3 heterocycles. The highest BCUT2D eigenvalue weighted by Crippen LogP contribution is 2.21. The van der Waals surface area contributed by atoms with Crippen molar-refractivity contribution in [3.63, 3.8) is 0 Å². The molecule has 0 bridgehead atoms. The fourth-order valence-corrected chi connectivity index (χ4v) is 5.69. The van der Waals surface area contributed by atoms with E-state index in [1.165, 1.54) is 16.6 Å². The standard InChI is InChI=1S/C15H24N4O3S2/c1-11-8-12(2-3-16-11)18-15(20)14-9-13(10-17-14)24(21,22)19-4-6-23-7-5-19/h9-12,16-17H,2-8H2,1H3,(H,18,20). The summed E-state index contributed by atoms with van der Waals surface area (Å²) in [6.45, 7) is 4.01. The number of thioether (sulfide) groups is 1. The molecule has 2 aliphatic rings. The first kappa shape index (κ1) is 17.8. The van der Waals surface area contributed by atoms with Gasteiger partial charge in [-0.15, -0.1) is 0 Å². The topological polar surface area (TPSA) is 94.3 Å². The van der Waals surface area contributed by atoms with Gasteiger partial charge >= 0.3 is 0 Å². The van der Waals surface area contributed by atoms with Crippen LogP contribution in [0.1, 0.15) is 30.3 Å². The highest BCUT2D eigenvalue weighted by molar-refractivity contribution is 7.99. The molecule has 2 saturated heterocycles. The van der Waals surface area contributed by atoms with Gasteiger partial charge in [-0.25, -0.2) is 8.42 Å². The Morgan fingerprint density at radius 1 is 1.38 bits per heavy atom. The third-order valence-electron chi connectivity index (χ3n) is 4.47. The fourth-order valence-electron chi connectivity index (χ4n) is 3.12. The van der Waals surface area contributed by atoms with Gasteiger partial charge in [-0.3, -0.25) is 4.79 Å². The highest BCUT2D eigenvalue weighted by atomic mass is 32.2. The van der Waals surface area contributed by atoms with E-state index in [1.54, 1.807) is 11.8 Å². The summed E-state index contributed by atoms with van der Waals surface area (Å²) in [5.41, 5.74) is 0.297. The Morgan fingerprint density at radius 2 is 2.12 bits per heavy atom. The second-order valence-electron chi connectivity index (χ2n) is 6.32. The first-order valence-electron chi connectivity index (χ1n) is 8.27. The third kappa shape index (κ3) is 3.96. The summed E-state index contributed by atoms with van der Waals surface area (Å²) in [5.74, 6) is 1.38. The lowest BCUT2D eigenvalue weighted by atomic mass is 10.0. The van der Waals surface area contributed by atoms with Crippen LogP contribution in [0.4, 0.5) is 0 Å². The summed E-state index contributed by atoms with van der Waals surface area (Å²) in [6.07, 6.45) is 3.17. The van der Waals surface area contributed by atoms with Crippen molar-refractivity contribution in [2.24, 2.45) is 0 Å². The van der Waals surface area contributed by atoms with Crippen LogP contribution >= 0.6 is 11.8 Å². The molecule has 1 aromatic heterocycles. The van der Waals surface area contributed by atoms with E-state index >= 15 is 0 Å². The molecule has 3 rings (SSSR count). The van der Waals surface area contributed by atoms with Gasteiger partial charge in [-0.1, -0.05) is 0 Å². The largest absolute Gasteiger partial charge is 0.356 e. The zero-order chi connectivity index (χ0) is 17.2. The Hall–Kier alpha value is -1.03. The zero-order valence-electron chi connectivity index (χ0n) is 13.7. The van der Waals surface area contributed by atoms with Crippen LogP contribution in [0, 0.1) is 0 Å². The predicted molar refractivity (Wildman–Crippen MR) is 94.8 cm³/mol. The van der Waals surface area contributed by atoms with E-state index in [9.17, 15) is 13.2 Å². The molecule has 0 aliphatic carbocycles. The maximum absolute atomic E-state index is 12.6. The molecule has 24 heavy (non-hydrogen) atoms. The number of carbonyl (C=O) groups excluding carboxylic acids is 1. The van der Waals surface area contributed by atoms with Crippen LogP contribution in [0.5, 0.6) is 0 Å². The van der Waals surface area contributed by atoms with E-state index in [-0.39, 0.29) is 16.8 Å². The molecular formula is C15H24N4O3S2. The first-order valence-corrected chi connectivity index (χ1v) is 10.9. The molecule has 0 saturated carbocycles. The van der Waals surface area contributed by atoms with E-state index in [2.05, 4.69) is 22.5 Å². The lowest BCUT2D eigenvalue weighted by Crippen LogP contribution is -2.46. The number of carbonyl (C=O) groups is 1. The number of aromatic amines is 1. The minimum absolute atomic E-state index is 0.122. The smallest absolute Gasteiger partial charge is 0.267 e. The fraction of sp³-hybridized carbons (Fsp3) is 0.667. The van der Waals surface area contributed by atoms with Gasteiger partial charge in [0.05, 0.1) is 0 Å². The molecule has 0 aromatic carbocycles. The molecule has 2 unspecified atom stereocenters. The number of piperidine rings is 1. The molecule has 2 atom stereocenters. The van der Waals surface area contributed by atoms with Gasteiger partial charge in [-0.2, -0.15) is 16.1 Å². The molecule has 9 heteroatoms. The second kappa shape index (κ2) is 7.47. The number of nitrogens with zero attached hydrogens (tertiary/aromatic N) is 1. The van der Waals surface area contributed by atoms with E-state index in [0.29, 0.717) is 24.8 Å². The van der Waals surface area contributed by atoms with Gasteiger partial charge in [0, 0.05) is 42.9 Å². The molecule has 1 amide bonds. The van der Waals surface area contributed by atoms with Crippen molar-refractivity contribution < 1.29 is 13.2 Å². The Kier molecular flexibility index (Phi) is 5.53. The van der Waals surface area contributed by atoms with Gasteiger partial charge in [0.25, 0.3) is 5.91 Å². The Bertz CT molecular complexity index is 683. The van der Waals surface area contributed by atoms with Crippen molar-refractivity contribution in [3.05, 3.63) is 18.0 Å². The number of H-pyrrole nitrogens is 1. The molecule has 2 fully saturated rings. The molecule has 3 N–H and O–H groups in total. The van der Waals surface area contributed by atoms with Crippen molar-refractivity contribution in [1.82, 2.24) is 19.9 Å². The Labute approximate surface area is 147 Å².